The van der Waals surface area contributed by atoms with E-state index in [2.05, 4.69) is 23.1 Å². The van der Waals surface area contributed by atoms with Gasteiger partial charge in [0.2, 0.25) is 5.91 Å². The number of hydrazine groups is 1. The second kappa shape index (κ2) is 13.7. The van der Waals surface area contributed by atoms with Crippen molar-refractivity contribution in [2.24, 2.45) is 5.92 Å². The summed E-state index contributed by atoms with van der Waals surface area (Å²) in [5.74, 6) is -0.659. The summed E-state index contributed by atoms with van der Waals surface area (Å²) in [6.07, 6.45) is 2.09. The lowest BCUT2D eigenvalue weighted by Crippen LogP contribution is -2.47. The highest BCUT2D eigenvalue weighted by atomic mass is 32.1. The largest absolute Gasteiger partial charge is 0.391 e. The topological polar surface area (TPSA) is 82.6 Å². The highest BCUT2D eigenvalue weighted by Gasteiger charge is 2.23. The van der Waals surface area contributed by atoms with E-state index >= 15 is 0 Å². The zero-order chi connectivity index (χ0) is 21.6. The second-order valence-electron chi connectivity index (χ2n) is 7.14. The van der Waals surface area contributed by atoms with Crippen LogP contribution in [0.4, 0.5) is 5.69 Å². The number of amides is 1. The number of benzene rings is 2. The Morgan fingerprint density at radius 3 is 2.40 bits per heavy atom. The van der Waals surface area contributed by atoms with Crippen molar-refractivity contribution in [3.05, 3.63) is 66.2 Å². The van der Waals surface area contributed by atoms with Gasteiger partial charge in [-0.15, -0.1) is 0 Å². The molecule has 0 bridgehead atoms. The summed E-state index contributed by atoms with van der Waals surface area (Å²) < 4.78 is 5.50. The van der Waals surface area contributed by atoms with E-state index in [0.717, 1.165) is 24.1 Å². The summed E-state index contributed by atoms with van der Waals surface area (Å²) in [6, 6.07) is 19.2. The van der Waals surface area contributed by atoms with Crippen molar-refractivity contribution in [1.29, 1.82) is 0 Å². The smallest absolute Gasteiger partial charge is 0.241 e. The van der Waals surface area contributed by atoms with Crippen molar-refractivity contribution in [3.63, 3.8) is 0 Å². The van der Waals surface area contributed by atoms with Gasteiger partial charge in [-0.1, -0.05) is 61.9 Å². The van der Waals surface area contributed by atoms with Crippen LogP contribution in [0.2, 0.25) is 0 Å². The summed E-state index contributed by atoms with van der Waals surface area (Å²) in [4.78, 5) is 12.8. The molecule has 0 heterocycles. The van der Waals surface area contributed by atoms with Gasteiger partial charge in [0.1, 0.15) is 0 Å². The third kappa shape index (κ3) is 9.35. The van der Waals surface area contributed by atoms with Gasteiger partial charge in [-0.05, 0) is 49.2 Å². The predicted octanol–water partition coefficient (Wildman–Crippen LogP) is 3.43. The lowest BCUT2D eigenvalue weighted by atomic mass is 9.93. The first kappa shape index (κ1) is 23.8. The Kier molecular flexibility index (Phi) is 10.9. The maximum absolute atomic E-state index is 12.8. The van der Waals surface area contributed by atoms with Crippen LogP contribution >= 0.6 is 12.2 Å². The van der Waals surface area contributed by atoms with E-state index in [1.54, 1.807) is 0 Å². The number of carbonyl (C=O) groups is 1. The molecule has 2 aromatic rings. The highest BCUT2D eigenvalue weighted by molar-refractivity contribution is 7.80. The van der Waals surface area contributed by atoms with Gasteiger partial charge in [-0.25, -0.2) is 0 Å². The highest BCUT2D eigenvalue weighted by Crippen LogP contribution is 2.15. The van der Waals surface area contributed by atoms with Crippen LogP contribution in [-0.4, -0.2) is 35.4 Å². The molecule has 4 N–H and O–H groups in total. The first-order valence-corrected chi connectivity index (χ1v) is 10.7. The van der Waals surface area contributed by atoms with Crippen LogP contribution in [0.3, 0.4) is 0 Å². The Balaban J connectivity index is 1.89. The molecule has 7 heteroatoms. The average Bonchev–Trinajstić information content (AvgIpc) is 2.76. The number of rotatable bonds is 11. The predicted molar refractivity (Wildman–Crippen MR) is 124 cm³/mol. The standard InChI is InChI=1S/C23H31N3O3S/c1-2-3-14-29-17-21(27)16-19(15-18-10-6-4-7-11-18)22(28)25-26-23(30)24-20-12-8-5-9-13-20/h4-13,19,21,27H,2-3,14-17H2,1H3,(H,25,28)(H2,24,26,30)/t19-,21-/m0/s1. The molecule has 6 nitrogen and oxygen atoms in total. The normalized spacial score (nSPS) is 12.6. The Hall–Kier alpha value is -2.48. The Bertz CT molecular complexity index is 759. The van der Waals surface area contributed by atoms with E-state index in [1.165, 1.54) is 0 Å². The Morgan fingerprint density at radius 1 is 1.07 bits per heavy atom. The fourth-order valence-corrected chi connectivity index (χ4v) is 3.12. The van der Waals surface area contributed by atoms with E-state index in [4.69, 9.17) is 17.0 Å². The molecule has 0 aliphatic rings. The van der Waals surface area contributed by atoms with E-state index in [-0.39, 0.29) is 17.6 Å². The number of carbonyl (C=O) groups excluding carboxylic acids is 1. The first-order valence-electron chi connectivity index (χ1n) is 10.3. The molecule has 2 rings (SSSR count). The van der Waals surface area contributed by atoms with Crippen molar-refractivity contribution in [3.8, 4) is 0 Å². The number of anilines is 1. The third-order valence-corrected chi connectivity index (χ3v) is 4.74. The summed E-state index contributed by atoms with van der Waals surface area (Å²) >= 11 is 5.23. The van der Waals surface area contributed by atoms with Gasteiger partial charge in [-0.3, -0.25) is 15.6 Å². The zero-order valence-electron chi connectivity index (χ0n) is 17.3. The summed E-state index contributed by atoms with van der Waals surface area (Å²) in [6.45, 7) is 2.92. The van der Waals surface area contributed by atoms with Crippen LogP contribution in [0, 0.1) is 5.92 Å². The monoisotopic (exact) mass is 429 g/mol. The Morgan fingerprint density at radius 2 is 1.73 bits per heavy atom. The fraction of sp³-hybridized carbons (Fsp3) is 0.391. The number of para-hydroxylation sites is 1. The molecule has 0 spiro atoms. The quantitative estimate of drug-likeness (QED) is 0.249. The molecule has 0 unspecified atom stereocenters. The molecule has 2 atom stereocenters. The Labute approximate surface area is 184 Å². The molecule has 0 aliphatic carbocycles. The molecule has 2 aromatic carbocycles. The van der Waals surface area contributed by atoms with Gasteiger partial charge in [0.25, 0.3) is 0 Å². The lowest BCUT2D eigenvalue weighted by Gasteiger charge is -2.21. The number of thiocarbonyl (C=S) groups is 1. The van der Waals surface area contributed by atoms with Gasteiger partial charge in [-0.2, -0.15) is 0 Å². The van der Waals surface area contributed by atoms with Gasteiger partial charge >= 0.3 is 0 Å². The number of hydrogen-bond donors (Lipinski definition) is 4. The number of aliphatic hydroxyl groups excluding tert-OH is 1. The zero-order valence-corrected chi connectivity index (χ0v) is 18.2. The number of unbranched alkanes of at least 4 members (excludes halogenated alkanes) is 1. The van der Waals surface area contributed by atoms with Crippen molar-refractivity contribution in [1.82, 2.24) is 10.9 Å². The molecule has 0 saturated carbocycles. The minimum Gasteiger partial charge on any atom is -0.391 e. The SMILES string of the molecule is CCCCOC[C@@H](O)C[C@H](Cc1ccccc1)C(=O)NNC(=S)Nc1ccccc1. The molecule has 0 aliphatic heterocycles. The number of ether oxygens (including phenoxy) is 1. The van der Waals surface area contributed by atoms with Crippen LogP contribution in [0.1, 0.15) is 31.7 Å². The maximum atomic E-state index is 12.8. The minimum atomic E-state index is -0.712. The molecule has 0 aromatic heterocycles. The van der Waals surface area contributed by atoms with E-state index in [0.29, 0.717) is 19.4 Å². The van der Waals surface area contributed by atoms with Crippen LogP contribution in [0.15, 0.2) is 60.7 Å². The molecule has 162 valence electrons. The molecule has 0 saturated heterocycles. The minimum absolute atomic E-state index is 0.222. The van der Waals surface area contributed by atoms with Gasteiger partial charge in [0.05, 0.1) is 12.7 Å². The molecule has 1 amide bonds. The summed E-state index contributed by atoms with van der Waals surface area (Å²) in [5.41, 5.74) is 7.25. The molecule has 0 radical (unpaired) electrons. The first-order chi connectivity index (χ1) is 14.6. The van der Waals surface area contributed by atoms with Gasteiger partial charge < -0.3 is 15.2 Å². The molecular weight excluding hydrogens is 398 g/mol. The van der Waals surface area contributed by atoms with Crippen molar-refractivity contribution in [2.75, 3.05) is 18.5 Å². The van der Waals surface area contributed by atoms with Gasteiger partial charge in [0, 0.05) is 18.2 Å². The van der Waals surface area contributed by atoms with Crippen LogP contribution in [-0.2, 0) is 16.0 Å². The fourth-order valence-electron chi connectivity index (χ4n) is 2.95. The van der Waals surface area contributed by atoms with Crippen molar-refractivity contribution >= 4 is 28.9 Å². The maximum Gasteiger partial charge on any atom is 0.241 e. The third-order valence-electron chi connectivity index (χ3n) is 4.54. The number of aliphatic hydroxyl groups is 1. The van der Waals surface area contributed by atoms with E-state index in [1.807, 2.05) is 60.7 Å². The lowest BCUT2D eigenvalue weighted by molar-refractivity contribution is -0.127. The van der Waals surface area contributed by atoms with Crippen molar-refractivity contribution in [2.45, 2.75) is 38.7 Å². The van der Waals surface area contributed by atoms with Crippen LogP contribution < -0.4 is 16.2 Å². The van der Waals surface area contributed by atoms with Crippen LogP contribution in [0.5, 0.6) is 0 Å². The summed E-state index contributed by atoms with van der Waals surface area (Å²) in [7, 11) is 0. The van der Waals surface area contributed by atoms with Crippen LogP contribution in [0.25, 0.3) is 0 Å². The number of hydrogen-bond acceptors (Lipinski definition) is 4. The van der Waals surface area contributed by atoms with E-state index < -0.39 is 12.0 Å². The average molecular weight is 430 g/mol. The molecule has 30 heavy (non-hydrogen) atoms. The molecule has 0 fully saturated rings. The molecular formula is C23H31N3O3S. The van der Waals surface area contributed by atoms with Crippen molar-refractivity contribution < 1.29 is 14.6 Å². The van der Waals surface area contributed by atoms with Gasteiger partial charge in [0.15, 0.2) is 5.11 Å². The second-order valence-corrected chi connectivity index (χ2v) is 7.55. The summed E-state index contributed by atoms with van der Waals surface area (Å²) in [5, 5.41) is 13.6. The van der Waals surface area contributed by atoms with E-state index in [9.17, 15) is 9.90 Å². The number of nitrogens with one attached hydrogen (secondary N) is 3.